The van der Waals surface area contributed by atoms with Crippen LogP contribution >= 0.6 is 34.5 Å². The maximum absolute atomic E-state index is 11.1. The third-order valence-corrected chi connectivity index (χ3v) is 3.98. The average Bonchev–Trinajstić information content (AvgIpc) is 2.82. The molecule has 100 valence electrons. The van der Waals surface area contributed by atoms with Gasteiger partial charge in [0.25, 0.3) is 0 Å². The summed E-state index contributed by atoms with van der Waals surface area (Å²) in [6.45, 7) is 2.33. The summed E-state index contributed by atoms with van der Waals surface area (Å²) < 4.78 is 5.34. The van der Waals surface area contributed by atoms with Crippen LogP contribution in [0, 0.1) is 0 Å². The molecule has 6 heteroatoms. The van der Waals surface area contributed by atoms with Gasteiger partial charge in [0.2, 0.25) is 0 Å². The second kappa shape index (κ2) is 5.82. The van der Waals surface area contributed by atoms with Crippen LogP contribution in [-0.4, -0.2) is 17.7 Å². The number of halogens is 2. The zero-order chi connectivity index (χ0) is 14.0. The molecular formula is C13H10Cl2O3S. The molecule has 0 unspecified atom stereocenters. The topological polar surface area (TPSA) is 46.5 Å². The Labute approximate surface area is 124 Å². The number of carboxylic acids is 1. The molecule has 0 amide bonds. The van der Waals surface area contributed by atoms with E-state index >= 15 is 0 Å². The largest absolute Gasteiger partial charge is 0.492 e. The van der Waals surface area contributed by atoms with Crippen molar-refractivity contribution in [3.8, 4) is 16.9 Å². The monoisotopic (exact) mass is 316 g/mol. The van der Waals surface area contributed by atoms with Gasteiger partial charge < -0.3 is 9.84 Å². The first kappa shape index (κ1) is 14.2. The highest BCUT2D eigenvalue weighted by molar-refractivity contribution is 7.12. The molecule has 0 saturated carbocycles. The van der Waals surface area contributed by atoms with E-state index in [4.69, 9.17) is 33.0 Å². The van der Waals surface area contributed by atoms with Crippen LogP contribution in [0.4, 0.5) is 0 Å². The van der Waals surface area contributed by atoms with Crippen molar-refractivity contribution in [2.75, 3.05) is 6.61 Å². The van der Waals surface area contributed by atoms with Gasteiger partial charge in [0.05, 0.1) is 16.7 Å². The molecule has 19 heavy (non-hydrogen) atoms. The zero-order valence-corrected chi connectivity index (χ0v) is 12.3. The van der Waals surface area contributed by atoms with Crippen LogP contribution in [0.5, 0.6) is 5.75 Å². The third kappa shape index (κ3) is 2.86. The van der Waals surface area contributed by atoms with Gasteiger partial charge in [0.15, 0.2) is 0 Å². The Morgan fingerprint density at radius 2 is 2.05 bits per heavy atom. The zero-order valence-electron chi connectivity index (χ0n) is 9.94. The number of carbonyl (C=O) groups is 1. The van der Waals surface area contributed by atoms with Gasteiger partial charge in [-0.3, -0.25) is 0 Å². The Hall–Kier alpha value is -1.23. The van der Waals surface area contributed by atoms with E-state index in [-0.39, 0.29) is 4.88 Å². The van der Waals surface area contributed by atoms with Crippen LogP contribution in [0.2, 0.25) is 10.0 Å². The number of ether oxygens (including phenoxy) is 1. The Morgan fingerprint density at radius 1 is 1.32 bits per heavy atom. The standard InChI is InChI=1S/C13H10Cl2O3S/c1-2-18-11-6-9(14)8(5-10(11)15)7-3-4-19-12(7)13(16)17/h3-6H,2H2,1H3,(H,16,17). The smallest absolute Gasteiger partial charge is 0.346 e. The van der Waals surface area contributed by atoms with Gasteiger partial charge in [-0.2, -0.15) is 0 Å². The fourth-order valence-electron chi connectivity index (χ4n) is 1.69. The van der Waals surface area contributed by atoms with E-state index in [2.05, 4.69) is 0 Å². The number of aromatic carboxylic acids is 1. The minimum atomic E-state index is -0.980. The third-order valence-electron chi connectivity index (χ3n) is 2.47. The number of hydrogen-bond donors (Lipinski definition) is 1. The van der Waals surface area contributed by atoms with Crippen molar-refractivity contribution in [2.24, 2.45) is 0 Å². The van der Waals surface area contributed by atoms with Crippen LogP contribution in [0.1, 0.15) is 16.6 Å². The lowest BCUT2D eigenvalue weighted by Gasteiger charge is -2.10. The summed E-state index contributed by atoms with van der Waals surface area (Å²) >= 11 is 13.4. The van der Waals surface area contributed by atoms with Crippen molar-refractivity contribution in [1.82, 2.24) is 0 Å². The molecule has 2 aromatic rings. The molecule has 0 aliphatic heterocycles. The quantitative estimate of drug-likeness (QED) is 0.879. The summed E-state index contributed by atoms with van der Waals surface area (Å²) in [5, 5.41) is 11.6. The first-order valence-corrected chi connectivity index (χ1v) is 7.11. The van der Waals surface area contributed by atoms with E-state index in [1.807, 2.05) is 6.92 Å². The Bertz CT molecular complexity index is 622. The maximum atomic E-state index is 11.1. The Balaban J connectivity index is 2.54. The number of thiophene rings is 1. The van der Waals surface area contributed by atoms with Crippen LogP contribution in [-0.2, 0) is 0 Å². The first-order valence-electron chi connectivity index (χ1n) is 5.47. The number of rotatable bonds is 4. The normalized spacial score (nSPS) is 10.5. The molecule has 2 rings (SSSR count). The van der Waals surface area contributed by atoms with E-state index in [9.17, 15) is 4.79 Å². The molecule has 0 atom stereocenters. The van der Waals surface area contributed by atoms with Gasteiger partial charge in [-0.25, -0.2) is 4.79 Å². The lowest BCUT2D eigenvalue weighted by atomic mass is 10.1. The highest BCUT2D eigenvalue weighted by atomic mass is 35.5. The average molecular weight is 317 g/mol. The minimum absolute atomic E-state index is 0.238. The second-order valence-electron chi connectivity index (χ2n) is 3.66. The molecule has 0 spiro atoms. The summed E-state index contributed by atoms with van der Waals surface area (Å²) in [7, 11) is 0. The SMILES string of the molecule is CCOc1cc(Cl)c(-c2ccsc2C(=O)O)cc1Cl. The van der Waals surface area contributed by atoms with Gasteiger partial charge in [-0.1, -0.05) is 23.2 Å². The van der Waals surface area contributed by atoms with E-state index in [0.29, 0.717) is 33.5 Å². The summed E-state index contributed by atoms with van der Waals surface area (Å²) in [5.74, 6) is -0.490. The molecule has 3 nitrogen and oxygen atoms in total. The van der Waals surface area contributed by atoms with Crippen LogP contribution in [0.25, 0.3) is 11.1 Å². The molecule has 0 aliphatic rings. The van der Waals surface area contributed by atoms with Crippen LogP contribution in [0.3, 0.4) is 0 Å². The van der Waals surface area contributed by atoms with Crippen molar-refractivity contribution >= 4 is 40.5 Å². The fourth-order valence-corrected chi connectivity index (χ4v) is 2.91. The van der Waals surface area contributed by atoms with Gasteiger partial charge in [-0.15, -0.1) is 11.3 Å². The molecule has 1 heterocycles. The number of benzene rings is 1. The lowest BCUT2D eigenvalue weighted by molar-refractivity contribution is 0.0703. The molecule has 1 N–H and O–H groups in total. The summed E-state index contributed by atoms with van der Waals surface area (Å²) in [6.07, 6.45) is 0. The molecule has 0 fully saturated rings. The van der Waals surface area contributed by atoms with Gasteiger partial charge in [0, 0.05) is 17.2 Å². The maximum Gasteiger partial charge on any atom is 0.346 e. The van der Waals surface area contributed by atoms with Crippen molar-refractivity contribution in [1.29, 1.82) is 0 Å². The predicted molar refractivity (Wildman–Crippen MR) is 77.9 cm³/mol. The summed E-state index contributed by atoms with van der Waals surface area (Å²) in [4.78, 5) is 11.4. The Kier molecular flexibility index (Phi) is 4.34. The molecule has 0 bridgehead atoms. The molecule has 1 aromatic heterocycles. The molecule has 1 aromatic carbocycles. The molecular weight excluding hydrogens is 307 g/mol. The lowest BCUT2D eigenvalue weighted by Crippen LogP contribution is -1.96. The first-order chi connectivity index (χ1) is 9.04. The van der Waals surface area contributed by atoms with E-state index in [0.717, 1.165) is 11.3 Å². The van der Waals surface area contributed by atoms with E-state index in [1.165, 1.54) is 0 Å². The number of hydrogen-bond acceptors (Lipinski definition) is 3. The van der Waals surface area contributed by atoms with Crippen molar-refractivity contribution in [3.05, 3.63) is 38.5 Å². The molecule has 0 radical (unpaired) electrons. The molecule has 0 saturated heterocycles. The van der Waals surface area contributed by atoms with Gasteiger partial charge >= 0.3 is 5.97 Å². The van der Waals surface area contributed by atoms with Crippen molar-refractivity contribution < 1.29 is 14.6 Å². The summed E-state index contributed by atoms with van der Waals surface area (Å²) in [5.41, 5.74) is 1.15. The molecule has 0 aliphatic carbocycles. The predicted octanol–water partition coefficient (Wildman–Crippen LogP) is 4.82. The fraction of sp³-hybridized carbons (Fsp3) is 0.154. The highest BCUT2D eigenvalue weighted by Crippen LogP contribution is 2.39. The highest BCUT2D eigenvalue weighted by Gasteiger charge is 2.17. The van der Waals surface area contributed by atoms with Crippen LogP contribution in [0.15, 0.2) is 23.6 Å². The van der Waals surface area contributed by atoms with Crippen molar-refractivity contribution in [2.45, 2.75) is 6.92 Å². The summed E-state index contributed by atoms with van der Waals surface area (Å²) in [6, 6.07) is 4.95. The number of carboxylic acid groups (broad SMARTS) is 1. The second-order valence-corrected chi connectivity index (χ2v) is 5.39. The van der Waals surface area contributed by atoms with Gasteiger partial charge in [0.1, 0.15) is 10.6 Å². The Morgan fingerprint density at radius 3 is 2.68 bits per heavy atom. The minimum Gasteiger partial charge on any atom is -0.492 e. The van der Waals surface area contributed by atoms with E-state index < -0.39 is 5.97 Å². The van der Waals surface area contributed by atoms with Crippen LogP contribution < -0.4 is 4.74 Å². The van der Waals surface area contributed by atoms with Crippen molar-refractivity contribution in [3.63, 3.8) is 0 Å². The van der Waals surface area contributed by atoms with E-state index in [1.54, 1.807) is 23.6 Å². The van der Waals surface area contributed by atoms with Gasteiger partial charge in [-0.05, 0) is 24.4 Å².